The van der Waals surface area contributed by atoms with E-state index in [4.69, 9.17) is 24.8 Å². The zero-order valence-corrected chi connectivity index (χ0v) is 34.3. The molecule has 0 aromatic carbocycles. The lowest BCUT2D eigenvalue weighted by Crippen LogP contribution is -2.34. The second-order valence-corrected chi connectivity index (χ2v) is 15.6. The van der Waals surface area contributed by atoms with Crippen molar-refractivity contribution < 1.29 is 47.5 Å². The molecule has 0 aliphatic carbocycles. The van der Waals surface area contributed by atoms with Gasteiger partial charge in [0.2, 0.25) is 0 Å². The van der Waals surface area contributed by atoms with Crippen LogP contribution in [-0.2, 0) is 37.5 Å². The molecule has 310 valence electrons. The van der Waals surface area contributed by atoms with E-state index in [0.29, 0.717) is 12.8 Å². The molecule has 0 aromatic heterocycles. The summed E-state index contributed by atoms with van der Waals surface area (Å²) >= 11 is 0. The van der Waals surface area contributed by atoms with E-state index in [0.717, 1.165) is 51.4 Å². The van der Waals surface area contributed by atoms with Crippen molar-refractivity contribution in [1.29, 1.82) is 0 Å². The minimum absolute atomic E-state index is 0.0782. The summed E-state index contributed by atoms with van der Waals surface area (Å²) in [6.07, 6.45) is 36.8. The smallest absolute Gasteiger partial charge is 0.472 e. The Balaban J connectivity index is 4.44. The highest BCUT2D eigenvalue weighted by atomic mass is 31.2. The van der Waals surface area contributed by atoms with Gasteiger partial charge in [0.25, 0.3) is 0 Å². The molecule has 0 aliphatic heterocycles. The topological polar surface area (TPSA) is 172 Å². The number of carbonyl (C=O) groups is 3. The molecule has 0 saturated heterocycles. The highest BCUT2D eigenvalue weighted by molar-refractivity contribution is 7.47. The number of esters is 2. The minimum Gasteiger partial charge on any atom is -0.480 e. The molecule has 0 amide bonds. The number of nitrogens with two attached hydrogens (primary N) is 1. The molecule has 0 rings (SSSR count). The molecule has 0 radical (unpaired) electrons. The Kier molecular flexibility index (Phi) is 35.5. The third kappa shape index (κ3) is 36.7. The van der Waals surface area contributed by atoms with Crippen LogP contribution in [0.4, 0.5) is 0 Å². The lowest BCUT2D eigenvalue weighted by Gasteiger charge is -2.20. The molecule has 3 atom stereocenters. The molecule has 0 aliphatic rings. The van der Waals surface area contributed by atoms with Gasteiger partial charge in [-0.25, -0.2) is 4.57 Å². The third-order valence-electron chi connectivity index (χ3n) is 8.94. The van der Waals surface area contributed by atoms with Crippen molar-refractivity contribution >= 4 is 25.7 Å². The Labute approximate surface area is 321 Å². The van der Waals surface area contributed by atoms with E-state index in [-0.39, 0.29) is 19.4 Å². The van der Waals surface area contributed by atoms with E-state index in [1.165, 1.54) is 96.3 Å². The number of hydrogen-bond acceptors (Lipinski definition) is 9. The summed E-state index contributed by atoms with van der Waals surface area (Å²) in [6, 6.07) is -1.52. The predicted octanol–water partition coefficient (Wildman–Crippen LogP) is 10.7. The number of rotatable bonds is 39. The molecule has 4 N–H and O–H groups in total. The van der Waals surface area contributed by atoms with Gasteiger partial charge in [0.15, 0.2) is 6.10 Å². The van der Waals surface area contributed by atoms with E-state index < -0.39 is 51.1 Å². The third-order valence-corrected chi connectivity index (χ3v) is 9.89. The van der Waals surface area contributed by atoms with Gasteiger partial charge in [0.1, 0.15) is 12.6 Å². The van der Waals surface area contributed by atoms with E-state index in [2.05, 4.69) is 36.6 Å². The molecule has 0 aromatic rings. The van der Waals surface area contributed by atoms with Gasteiger partial charge in [-0.3, -0.25) is 23.4 Å². The molecule has 12 heteroatoms. The van der Waals surface area contributed by atoms with Crippen molar-refractivity contribution in [1.82, 2.24) is 0 Å². The fourth-order valence-corrected chi connectivity index (χ4v) is 6.38. The van der Waals surface area contributed by atoms with Crippen molar-refractivity contribution in [3.8, 4) is 0 Å². The molecule has 0 spiro atoms. The van der Waals surface area contributed by atoms with Gasteiger partial charge in [-0.1, -0.05) is 147 Å². The Bertz CT molecular complexity index is 1010. The van der Waals surface area contributed by atoms with Crippen LogP contribution in [-0.4, -0.2) is 59.9 Å². The molecule has 0 heterocycles. The SMILES string of the molecule is CCCCCCC/C=C/CCCCCCCC(=O)OC[C@H](COP(=O)(O)OC[C@H](N)C(=O)O)OC(=O)CC/C=C/CCCCCCCCCCCCC. The Morgan fingerprint density at radius 3 is 1.45 bits per heavy atom. The number of unbranched alkanes of at least 4 members (excludes halogenated alkanes) is 21. The molecular weight excluding hydrogens is 697 g/mol. The van der Waals surface area contributed by atoms with Crippen molar-refractivity contribution in [3.63, 3.8) is 0 Å². The van der Waals surface area contributed by atoms with Gasteiger partial charge < -0.3 is 25.2 Å². The summed E-state index contributed by atoms with van der Waals surface area (Å²) in [7, 11) is -4.72. The molecule has 11 nitrogen and oxygen atoms in total. The van der Waals surface area contributed by atoms with Crippen LogP contribution in [0.2, 0.25) is 0 Å². The van der Waals surface area contributed by atoms with Gasteiger partial charge in [-0.05, 0) is 51.4 Å². The van der Waals surface area contributed by atoms with Crippen LogP contribution >= 0.6 is 7.82 Å². The van der Waals surface area contributed by atoms with Crippen molar-refractivity contribution in [2.45, 2.75) is 199 Å². The lowest BCUT2D eigenvalue weighted by atomic mass is 10.1. The van der Waals surface area contributed by atoms with Gasteiger partial charge in [0, 0.05) is 12.8 Å². The zero-order valence-electron chi connectivity index (χ0n) is 33.4. The normalized spacial score (nSPS) is 14.0. The fraction of sp³-hybridized carbons (Fsp3) is 0.829. The van der Waals surface area contributed by atoms with Gasteiger partial charge in [-0.15, -0.1) is 0 Å². The van der Waals surface area contributed by atoms with Crippen LogP contribution in [0.15, 0.2) is 24.3 Å². The molecule has 0 saturated carbocycles. The first-order chi connectivity index (χ1) is 25.6. The van der Waals surface area contributed by atoms with Gasteiger partial charge in [-0.2, -0.15) is 0 Å². The van der Waals surface area contributed by atoms with E-state index in [1.54, 1.807) is 0 Å². The Hall–Kier alpha value is -2.04. The summed E-state index contributed by atoms with van der Waals surface area (Å²) in [5.41, 5.74) is 5.32. The summed E-state index contributed by atoms with van der Waals surface area (Å²) in [5.74, 6) is -2.45. The summed E-state index contributed by atoms with van der Waals surface area (Å²) in [5, 5.41) is 8.87. The number of ether oxygens (including phenoxy) is 2. The summed E-state index contributed by atoms with van der Waals surface area (Å²) in [6.45, 7) is 2.75. The first-order valence-electron chi connectivity index (χ1n) is 20.9. The highest BCUT2D eigenvalue weighted by Crippen LogP contribution is 2.43. The van der Waals surface area contributed by atoms with Crippen LogP contribution < -0.4 is 5.73 Å². The maximum absolute atomic E-state index is 12.6. The van der Waals surface area contributed by atoms with Crippen LogP contribution in [0.3, 0.4) is 0 Å². The summed E-state index contributed by atoms with van der Waals surface area (Å²) < 4.78 is 32.6. The Morgan fingerprint density at radius 2 is 0.981 bits per heavy atom. The quantitative estimate of drug-likeness (QED) is 0.0235. The number of carboxylic acid groups (broad SMARTS) is 1. The van der Waals surface area contributed by atoms with Crippen LogP contribution in [0.1, 0.15) is 187 Å². The lowest BCUT2D eigenvalue weighted by molar-refractivity contribution is -0.161. The predicted molar refractivity (Wildman–Crippen MR) is 212 cm³/mol. The molecular formula is C41H76NO10P. The van der Waals surface area contributed by atoms with Crippen molar-refractivity contribution in [2.75, 3.05) is 19.8 Å². The zero-order chi connectivity index (χ0) is 39.3. The molecule has 1 unspecified atom stereocenters. The van der Waals surface area contributed by atoms with E-state index in [1.807, 2.05) is 6.08 Å². The Morgan fingerprint density at radius 1 is 0.566 bits per heavy atom. The number of aliphatic carboxylic acids is 1. The maximum atomic E-state index is 12.6. The van der Waals surface area contributed by atoms with Crippen molar-refractivity contribution in [2.24, 2.45) is 5.73 Å². The number of allylic oxidation sites excluding steroid dienone is 4. The molecule has 0 bridgehead atoms. The second kappa shape index (κ2) is 36.9. The maximum Gasteiger partial charge on any atom is 0.472 e. The number of carbonyl (C=O) groups excluding carboxylic acids is 2. The van der Waals surface area contributed by atoms with Crippen molar-refractivity contribution in [3.05, 3.63) is 24.3 Å². The number of carboxylic acids is 1. The van der Waals surface area contributed by atoms with E-state index in [9.17, 15) is 23.8 Å². The first-order valence-corrected chi connectivity index (χ1v) is 22.4. The molecule has 53 heavy (non-hydrogen) atoms. The van der Waals surface area contributed by atoms with Gasteiger partial charge >= 0.3 is 25.7 Å². The average molecular weight is 774 g/mol. The van der Waals surface area contributed by atoms with Crippen LogP contribution in [0.25, 0.3) is 0 Å². The first kappa shape index (κ1) is 51.0. The monoisotopic (exact) mass is 774 g/mol. The summed E-state index contributed by atoms with van der Waals surface area (Å²) in [4.78, 5) is 45.8. The standard InChI is InChI=1S/C41H76NO10P/c1-3-5-7-9-11-13-15-17-19-21-23-25-27-29-31-33-40(44)52-37(35-50-53(47,48)51-36-38(42)41(45)46)34-49-39(43)32-30-28-26-24-22-20-18-16-14-12-10-8-6-4-2/h16,18,27,29,37-38H,3-15,17,19-26,28,30-36,42H2,1-2H3,(H,45,46)(H,47,48)/b18-16+,29-27+/t37-,38+/m1/s1. The fourth-order valence-electron chi connectivity index (χ4n) is 5.61. The van der Waals surface area contributed by atoms with Gasteiger partial charge in [0.05, 0.1) is 13.2 Å². The molecule has 0 fully saturated rings. The number of phosphoric ester groups is 1. The van der Waals surface area contributed by atoms with E-state index >= 15 is 0 Å². The largest absolute Gasteiger partial charge is 0.480 e. The minimum atomic E-state index is -4.72. The second-order valence-electron chi connectivity index (χ2n) is 14.1. The number of phosphoric acid groups is 1. The number of hydrogen-bond donors (Lipinski definition) is 3. The highest BCUT2D eigenvalue weighted by Gasteiger charge is 2.28. The van der Waals surface area contributed by atoms with Crippen LogP contribution in [0, 0.1) is 0 Å². The average Bonchev–Trinajstić information content (AvgIpc) is 3.13. The van der Waals surface area contributed by atoms with Crippen LogP contribution in [0.5, 0.6) is 0 Å².